The third-order valence-corrected chi connectivity index (χ3v) is 1.65. The van der Waals surface area contributed by atoms with Gasteiger partial charge in [-0.05, 0) is 11.6 Å². The third-order valence-electron chi connectivity index (χ3n) is 1.65. The predicted molar refractivity (Wildman–Crippen MR) is 54.1 cm³/mol. The van der Waals surface area contributed by atoms with Crippen molar-refractivity contribution >= 4 is 11.5 Å². The Morgan fingerprint density at radius 3 is 2.71 bits per heavy atom. The quantitative estimate of drug-likeness (QED) is 0.398. The SMILES string of the molecule is C#CC(=CC(=O)OC)c1cc[c]cc1. The summed E-state index contributed by atoms with van der Waals surface area (Å²) >= 11 is 0. The summed E-state index contributed by atoms with van der Waals surface area (Å²) in [4.78, 5) is 11.0. The Hall–Kier alpha value is -2.01. The van der Waals surface area contributed by atoms with Gasteiger partial charge in [0.1, 0.15) is 0 Å². The number of benzene rings is 1. The highest BCUT2D eigenvalue weighted by Gasteiger charge is 2.00. The summed E-state index contributed by atoms with van der Waals surface area (Å²) in [6.45, 7) is 0. The minimum Gasteiger partial charge on any atom is -0.466 e. The van der Waals surface area contributed by atoms with E-state index in [0.29, 0.717) is 5.57 Å². The van der Waals surface area contributed by atoms with Crippen LogP contribution < -0.4 is 0 Å². The van der Waals surface area contributed by atoms with E-state index < -0.39 is 5.97 Å². The van der Waals surface area contributed by atoms with Crippen molar-refractivity contribution in [2.45, 2.75) is 0 Å². The minimum atomic E-state index is -0.453. The highest BCUT2D eigenvalue weighted by atomic mass is 16.5. The highest BCUT2D eigenvalue weighted by molar-refractivity contribution is 5.95. The lowest BCUT2D eigenvalue weighted by Gasteiger charge is -1.98. The average Bonchev–Trinajstić information content (AvgIpc) is 2.26. The molecule has 69 valence electrons. The zero-order chi connectivity index (χ0) is 10.4. The number of allylic oxidation sites excluding steroid dienone is 1. The first kappa shape index (κ1) is 10.1. The van der Waals surface area contributed by atoms with Crippen LogP contribution in [0.25, 0.3) is 5.57 Å². The van der Waals surface area contributed by atoms with Crippen molar-refractivity contribution in [2.75, 3.05) is 7.11 Å². The van der Waals surface area contributed by atoms with Gasteiger partial charge in [0.15, 0.2) is 0 Å². The Labute approximate surface area is 83.2 Å². The monoisotopic (exact) mass is 185 g/mol. The second-order valence-electron chi connectivity index (χ2n) is 2.51. The molecule has 0 saturated heterocycles. The number of rotatable bonds is 2. The lowest BCUT2D eigenvalue weighted by atomic mass is 10.1. The summed E-state index contributed by atoms with van der Waals surface area (Å²) in [5.41, 5.74) is 1.31. The molecule has 0 heterocycles. The molecule has 0 spiro atoms. The molecule has 0 fully saturated rings. The van der Waals surface area contributed by atoms with E-state index in [1.54, 1.807) is 24.3 Å². The van der Waals surface area contributed by atoms with Crippen LogP contribution in [0.3, 0.4) is 0 Å². The third kappa shape index (κ3) is 2.49. The van der Waals surface area contributed by atoms with E-state index in [-0.39, 0.29) is 0 Å². The molecule has 0 unspecified atom stereocenters. The number of hydrogen-bond donors (Lipinski definition) is 0. The van der Waals surface area contributed by atoms with Crippen LogP contribution in [0.2, 0.25) is 0 Å². The number of ether oxygens (including phenoxy) is 1. The van der Waals surface area contributed by atoms with Gasteiger partial charge in [0, 0.05) is 11.6 Å². The number of hydrogen-bond acceptors (Lipinski definition) is 2. The minimum absolute atomic E-state index is 0.453. The number of esters is 1. The van der Waals surface area contributed by atoms with Crippen LogP contribution in [0, 0.1) is 18.4 Å². The Morgan fingerprint density at radius 2 is 2.21 bits per heavy atom. The van der Waals surface area contributed by atoms with Crippen LogP contribution in [-0.4, -0.2) is 13.1 Å². The van der Waals surface area contributed by atoms with Crippen molar-refractivity contribution in [2.24, 2.45) is 0 Å². The molecule has 1 rings (SSSR count). The Kier molecular flexibility index (Phi) is 3.51. The molecule has 2 heteroatoms. The van der Waals surface area contributed by atoms with Gasteiger partial charge in [0.25, 0.3) is 0 Å². The van der Waals surface area contributed by atoms with E-state index in [1.807, 2.05) is 0 Å². The fourth-order valence-corrected chi connectivity index (χ4v) is 0.952. The Balaban J connectivity index is 3.01. The molecule has 1 aromatic carbocycles. The molecule has 14 heavy (non-hydrogen) atoms. The molecular weight excluding hydrogens is 176 g/mol. The molecule has 0 atom stereocenters. The zero-order valence-electron chi connectivity index (χ0n) is 7.78. The van der Waals surface area contributed by atoms with E-state index in [1.165, 1.54) is 13.2 Å². The molecule has 0 N–H and O–H groups in total. The van der Waals surface area contributed by atoms with Gasteiger partial charge in [0.05, 0.1) is 7.11 Å². The van der Waals surface area contributed by atoms with Gasteiger partial charge < -0.3 is 4.74 Å². The molecule has 0 aliphatic rings. The molecule has 0 bridgehead atoms. The van der Waals surface area contributed by atoms with Crippen molar-refractivity contribution in [1.82, 2.24) is 0 Å². The zero-order valence-corrected chi connectivity index (χ0v) is 7.78. The van der Waals surface area contributed by atoms with Crippen molar-refractivity contribution in [3.8, 4) is 12.3 Å². The van der Waals surface area contributed by atoms with E-state index in [2.05, 4.69) is 16.7 Å². The summed E-state index contributed by atoms with van der Waals surface area (Å²) < 4.78 is 4.49. The molecule has 0 aromatic heterocycles. The second-order valence-corrected chi connectivity index (χ2v) is 2.51. The predicted octanol–water partition coefficient (Wildman–Crippen LogP) is 1.68. The molecule has 1 radical (unpaired) electrons. The summed E-state index contributed by atoms with van der Waals surface area (Å²) in [6, 6.07) is 9.91. The number of carbonyl (C=O) groups is 1. The molecule has 0 aliphatic heterocycles. The topological polar surface area (TPSA) is 26.3 Å². The summed E-state index contributed by atoms with van der Waals surface area (Å²) in [7, 11) is 1.31. The van der Waals surface area contributed by atoms with Crippen molar-refractivity contribution < 1.29 is 9.53 Å². The van der Waals surface area contributed by atoms with E-state index in [4.69, 9.17) is 6.42 Å². The van der Waals surface area contributed by atoms with Crippen molar-refractivity contribution in [3.63, 3.8) is 0 Å². The van der Waals surface area contributed by atoms with Crippen molar-refractivity contribution in [3.05, 3.63) is 42.0 Å². The Bertz CT molecular complexity index is 383. The largest absolute Gasteiger partial charge is 0.466 e. The average molecular weight is 185 g/mol. The Morgan fingerprint density at radius 1 is 1.57 bits per heavy atom. The number of methoxy groups -OCH3 is 1. The first-order chi connectivity index (χ1) is 6.77. The number of terminal acetylenes is 1. The fourth-order valence-electron chi connectivity index (χ4n) is 0.952. The second kappa shape index (κ2) is 4.88. The summed E-state index contributed by atoms with van der Waals surface area (Å²) in [6.07, 6.45) is 6.56. The first-order valence-corrected chi connectivity index (χ1v) is 4.00. The molecular formula is C12H9O2. The van der Waals surface area contributed by atoms with Crippen LogP contribution in [-0.2, 0) is 9.53 Å². The fraction of sp³-hybridized carbons (Fsp3) is 0.0833. The lowest BCUT2D eigenvalue weighted by molar-refractivity contribution is -0.134. The number of carbonyl (C=O) groups excluding carboxylic acids is 1. The van der Waals surface area contributed by atoms with Crippen LogP contribution >= 0.6 is 0 Å². The van der Waals surface area contributed by atoms with Crippen LogP contribution in [0.15, 0.2) is 30.3 Å². The van der Waals surface area contributed by atoms with Crippen LogP contribution in [0.5, 0.6) is 0 Å². The van der Waals surface area contributed by atoms with Gasteiger partial charge >= 0.3 is 5.97 Å². The van der Waals surface area contributed by atoms with Crippen LogP contribution in [0.1, 0.15) is 5.56 Å². The maximum Gasteiger partial charge on any atom is 0.331 e. The molecule has 0 aliphatic carbocycles. The maximum absolute atomic E-state index is 11.0. The standard InChI is InChI=1S/C12H9O2/c1-3-10(9-12(13)14-2)11-7-5-4-6-8-11/h1,5-9H,2H3. The van der Waals surface area contributed by atoms with Gasteiger partial charge in [-0.1, -0.05) is 30.2 Å². The maximum atomic E-state index is 11.0. The van der Waals surface area contributed by atoms with Gasteiger partial charge in [-0.15, -0.1) is 6.42 Å². The van der Waals surface area contributed by atoms with E-state index in [9.17, 15) is 4.79 Å². The van der Waals surface area contributed by atoms with E-state index in [0.717, 1.165) is 5.56 Å². The lowest BCUT2D eigenvalue weighted by Crippen LogP contribution is -1.96. The normalized spacial score (nSPS) is 10.4. The van der Waals surface area contributed by atoms with Gasteiger partial charge in [-0.2, -0.15) is 0 Å². The van der Waals surface area contributed by atoms with Crippen LogP contribution in [0.4, 0.5) is 0 Å². The van der Waals surface area contributed by atoms with Crippen molar-refractivity contribution in [1.29, 1.82) is 0 Å². The summed E-state index contributed by atoms with van der Waals surface area (Å²) in [5.74, 6) is 1.98. The smallest absolute Gasteiger partial charge is 0.331 e. The van der Waals surface area contributed by atoms with Gasteiger partial charge in [0.2, 0.25) is 0 Å². The summed E-state index contributed by atoms with van der Waals surface area (Å²) in [5, 5.41) is 0. The van der Waals surface area contributed by atoms with Gasteiger partial charge in [-0.25, -0.2) is 4.79 Å². The molecule has 0 saturated carbocycles. The van der Waals surface area contributed by atoms with E-state index >= 15 is 0 Å². The highest BCUT2D eigenvalue weighted by Crippen LogP contribution is 2.12. The first-order valence-electron chi connectivity index (χ1n) is 4.00. The van der Waals surface area contributed by atoms with Gasteiger partial charge in [-0.3, -0.25) is 0 Å². The molecule has 0 amide bonds. The molecule has 1 aromatic rings. The molecule has 2 nitrogen and oxygen atoms in total.